The van der Waals surface area contributed by atoms with Gasteiger partial charge < -0.3 is 15.3 Å². The van der Waals surface area contributed by atoms with E-state index in [9.17, 15) is 5.11 Å². The normalized spacial score (nSPS) is 16.2. The standard InChI is InChI=1S/C10H24N2O/c1-5-11-10(2,9-13)7-6-8-12(3)4/h11,13H,5-9H2,1-4H3. The summed E-state index contributed by atoms with van der Waals surface area (Å²) in [6, 6.07) is 0. The number of likely N-dealkylation sites (N-methyl/N-ethyl adjacent to an activating group) is 1. The molecular formula is C10H24N2O. The van der Waals surface area contributed by atoms with Crippen molar-refractivity contribution in [3.05, 3.63) is 0 Å². The molecule has 13 heavy (non-hydrogen) atoms. The Morgan fingerprint density at radius 2 is 2.00 bits per heavy atom. The summed E-state index contributed by atoms with van der Waals surface area (Å²) >= 11 is 0. The van der Waals surface area contributed by atoms with Crippen molar-refractivity contribution in [2.45, 2.75) is 32.2 Å². The molecular weight excluding hydrogens is 164 g/mol. The summed E-state index contributed by atoms with van der Waals surface area (Å²) in [5, 5.41) is 12.5. The first-order chi connectivity index (χ1) is 6.04. The molecule has 0 amide bonds. The lowest BCUT2D eigenvalue weighted by atomic mass is 9.97. The number of aliphatic hydroxyl groups is 1. The zero-order valence-corrected chi connectivity index (χ0v) is 9.43. The van der Waals surface area contributed by atoms with E-state index < -0.39 is 0 Å². The fourth-order valence-electron chi connectivity index (χ4n) is 1.44. The predicted molar refractivity (Wildman–Crippen MR) is 57.0 cm³/mol. The van der Waals surface area contributed by atoms with Gasteiger partial charge in [0.1, 0.15) is 0 Å². The highest BCUT2D eigenvalue weighted by atomic mass is 16.3. The minimum atomic E-state index is -0.0925. The summed E-state index contributed by atoms with van der Waals surface area (Å²) in [6.45, 7) is 6.36. The summed E-state index contributed by atoms with van der Waals surface area (Å²) in [5.41, 5.74) is -0.0925. The van der Waals surface area contributed by atoms with Crippen LogP contribution in [0, 0.1) is 0 Å². The third-order valence-electron chi connectivity index (χ3n) is 2.29. The molecule has 0 saturated heterocycles. The van der Waals surface area contributed by atoms with Gasteiger partial charge in [0, 0.05) is 5.54 Å². The summed E-state index contributed by atoms with van der Waals surface area (Å²) < 4.78 is 0. The summed E-state index contributed by atoms with van der Waals surface area (Å²) in [6.07, 6.45) is 2.15. The molecule has 1 atom stereocenters. The third kappa shape index (κ3) is 6.02. The lowest BCUT2D eigenvalue weighted by Gasteiger charge is -2.28. The van der Waals surface area contributed by atoms with Gasteiger partial charge in [-0.25, -0.2) is 0 Å². The van der Waals surface area contributed by atoms with Gasteiger partial charge in [-0.3, -0.25) is 0 Å². The Kier molecular flexibility index (Phi) is 6.29. The van der Waals surface area contributed by atoms with Crippen LogP contribution in [0.5, 0.6) is 0 Å². The Hall–Kier alpha value is -0.120. The molecule has 1 unspecified atom stereocenters. The smallest absolute Gasteiger partial charge is 0.0610 e. The van der Waals surface area contributed by atoms with E-state index in [4.69, 9.17) is 0 Å². The molecule has 2 N–H and O–H groups in total. The molecule has 0 aromatic carbocycles. The van der Waals surface area contributed by atoms with Gasteiger partial charge >= 0.3 is 0 Å². The second-order valence-electron chi connectivity index (χ2n) is 4.16. The lowest BCUT2D eigenvalue weighted by molar-refractivity contribution is 0.162. The van der Waals surface area contributed by atoms with Crippen LogP contribution in [0.15, 0.2) is 0 Å². The highest BCUT2D eigenvalue weighted by Gasteiger charge is 2.20. The number of nitrogens with one attached hydrogen (secondary N) is 1. The topological polar surface area (TPSA) is 35.5 Å². The van der Waals surface area contributed by atoms with E-state index in [-0.39, 0.29) is 12.1 Å². The van der Waals surface area contributed by atoms with Crippen molar-refractivity contribution in [1.29, 1.82) is 0 Å². The number of hydrogen-bond acceptors (Lipinski definition) is 3. The van der Waals surface area contributed by atoms with Gasteiger partial charge in [0.05, 0.1) is 6.61 Å². The highest BCUT2D eigenvalue weighted by Crippen LogP contribution is 2.11. The minimum absolute atomic E-state index is 0.0925. The van der Waals surface area contributed by atoms with Crippen molar-refractivity contribution in [3.8, 4) is 0 Å². The van der Waals surface area contributed by atoms with Gasteiger partial charge in [-0.15, -0.1) is 0 Å². The van der Waals surface area contributed by atoms with Crippen molar-refractivity contribution in [1.82, 2.24) is 10.2 Å². The van der Waals surface area contributed by atoms with E-state index >= 15 is 0 Å². The van der Waals surface area contributed by atoms with Gasteiger partial charge in [0.25, 0.3) is 0 Å². The molecule has 0 aliphatic carbocycles. The summed E-state index contributed by atoms with van der Waals surface area (Å²) in [4.78, 5) is 2.17. The number of nitrogens with zero attached hydrogens (tertiary/aromatic N) is 1. The molecule has 0 aliphatic heterocycles. The number of aliphatic hydroxyl groups excluding tert-OH is 1. The van der Waals surface area contributed by atoms with Crippen LogP contribution in [-0.4, -0.2) is 49.3 Å². The molecule has 0 saturated carbocycles. The monoisotopic (exact) mass is 188 g/mol. The van der Waals surface area contributed by atoms with Crippen molar-refractivity contribution in [2.75, 3.05) is 33.8 Å². The van der Waals surface area contributed by atoms with Gasteiger partial charge in [0.2, 0.25) is 0 Å². The SMILES string of the molecule is CCNC(C)(CO)CCCN(C)C. The van der Waals surface area contributed by atoms with Crippen LogP contribution >= 0.6 is 0 Å². The molecule has 3 heteroatoms. The van der Waals surface area contributed by atoms with Gasteiger partial charge in [-0.05, 0) is 47.0 Å². The average molecular weight is 188 g/mol. The molecule has 0 aliphatic rings. The molecule has 0 aromatic rings. The van der Waals surface area contributed by atoms with Crippen LogP contribution in [0.4, 0.5) is 0 Å². The maximum atomic E-state index is 9.21. The van der Waals surface area contributed by atoms with Crippen molar-refractivity contribution in [3.63, 3.8) is 0 Å². The molecule has 0 heterocycles. The highest BCUT2D eigenvalue weighted by molar-refractivity contribution is 4.81. The van der Waals surface area contributed by atoms with E-state index in [0.717, 1.165) is 25.9 Å². The van der Waals surface area contributed by atoms with Crippen molar-refractivity contribution in [2.24, 2.45) is 0 Å². The second-order valence-corrected chi connectivity index (χ2v) is 4.16. The van der Waals surface area contributed by atoms with Gasteiger partial charge in [0.15, 0.2) is 0 Å². The molecule has 0 radical (unpaired) electrons. The van der Waals surface area contributed by atoms with Crippen LogP contribution in [0.3, 0.4) is 0 Å². The summed E-state index contributed by atoms with van der Waals surface area (Å²) in [7, 11) is 4.15. The molecule has 0 rings (SSSR count). The summed E-state index contributed by atoms with van der Waals surface area (Å²) in [5.74, 6) is 0. The Labute approximate surface area is 82.1 Å². The number of rotatable bonds is 7. The van der Waals surface area contributed by atoms with Crippen molar-refractivity contribution < 1.29 is 5.11 Å². The van der Waals surface area contributed by atoms with Crippen LogP contribution in [0.25, 0.3) is 0 Å². The number of hydrogen-bond donors (Lipinski definition) is 2. The Morgan fingerprint density at radius 3 is 2.38 bits per heavy atom. The molecule has 0 aromatic heterocycles. The van der Waals surface area contributed by atoms with E-state index in [1.165, 1.54) is 0 Å². The first-order valence-electron chi connectivity index (χ1n) is 5.04. The van der Waals surface area contributed by atoms with Crippen LogP contribution in [0.1, 0.15) is 26.7 Å². The molecule has 80 valence electrons. The first kappa shape index (κ1) is 12.9. The average Bonchev–Trinajstić information content (AvgIpc) is 2.04. The van der Waals surface area contributed by atoms with Gasteiger partial charge in [-0.2, -0.15) is 0 Å². The molecule has 0 bridgehead atoms. The van der Waals surface area contributed by atoms with E-state index in [0.29, 0.717) is 0 Å². The largest absolute Gasteiger partial charge is 0.394 e. The van der Waals surface area contributed by atoms with Crippen molar-refractivity contribution >= 4 is 0 Å². The Balaban J connectivity index is 3.69. The van der Waals surface area contributed by atoms with Gasteiger partial charge in [-0.1, -0.05) is 6.92 Å². The Morgan fingerprint density at radius 1 is 1.38 bits per heavy atom. The molecule has 3 nitrogen and oxygen atoms in total. The molecule has 0 spiro atoms. The lowest BCUT2D eigenvalue weighted by Crippen LogP contribution is -2.45. The second kappa shape index (κ2) is 6.35. The van der Waals surface area contributed by atoms with E-state index in [1.54, 1.807) is 0 Å². The predicted octanol–water partition coefficient (Wildman–Crippen LogP) is 0.689. The van der Waals surface area contributed by atoms with E-state index in [1.807, 2.05) is 0 Å². The van der Waals surface area contributed by atoms with Crippen LogP contribution in [0.2, 0.25) is 0 Å². The van der Waals surface area contributed by atoms with E-state index in [2.05, 4.69) is 38.2 Å². The van der Waals surface area contributed by atoms with Crippen LogP contribution < -0.4 is 5.32 Å². The fourth-order valence-corrected chi connectivity index (χ4v) is 1.44. The minimum Gasteiger partial charge on any atom is -0.394 e. The maximum absolute atomic E-state index is 9.21. The zero-order valence-electron chi connectivity index (χ0n) is 9.43. The maximum Gasteiger partial charge on any atom is 0.0610 e. The third-order valence-corrected chi connectivity index (χ3v) is 2.29. The first-order valence-corrected chi connectivity index (χ1v) is 5.04. The quantitative estimate of drug-likeness (QED) is 0.617. The fraction of sp³-hybridized carbons (Fsp3) is 1.00. The zero-order chi connectivity index (χ0) is 10.3. The molecule has 0 fully saturated rings. The Bertz CT molecular complexity index is 128. The van der Waals surface area contributed by atoms with Crippen LogP contribution in [-0.2, 0) is 0 Å².